The topological polar surface area (TPSA) is 98.8 Å². The number of nitrogens with one attached hydrogen (secondary N) is 2. The largest absolute Gasteiger partial charge is 0.327 e. The number of benzene rings is 1. The summed E-state index contributed by atoms with van der Waals surface area (Å²) in [6.07, 6.45) is 4.15. The van der Waals surface area contributed by atoms with Gasteiger partial charge in [-0.1, -0.05) is 6.42 Å². The second kappa shape index (κ2) is 7.26. The number of fused-ring (bicyclic) bond motifs is 1. The van der Waals surface area contributed by atoms with Crippen molar-refractivity contribution in [2.45, 2.75) is 44.7 Å². The SMILES string of the molecule is CN(CC1CCC1)C(=O)Nc1ccc2c(c1)CN(C1CCC(=O)NC1=O)C2=O. The lowest BCUT2D eigenvalue weighted by Gasteiger charge is -2.30. The number of rotatable bonds is 4. The molecule has 1 saturated carbocycles. The summed E-state index contributed by atoms with van der Waals surface area (Å²) in [6, 6.07) is 4.38. The van der Waals surface area contributed by atoms with Crippen molar-refractivity contribution in [1.29, 1.82) is 0 Å². The minimum atomic E-state index is -0.635. The Hall–Kier alpha value is -2.90. The second-order valence-corrected chi connectivity index (χ2v) is 7.88. The normalized spacial score (nSPS) is 21.8. The molecule has 4 rings (SSSR count). The molecule has 1 atom stereocenters. The van der Waals surface area contributed by atoms with Gasteiger partial charge in [-0.25, -0.2) is 4.79 Å². The Morgan fingerprint density at radius 2 is 2.04 bits per heavy atom. The molecular formula is C20H24N4O4. The van der Waals surface area contributed by atoms with Gasteiger partial charge < -0.3 is 15.1 Å². The minimum absolute atomic E-state index is 0.168. The van der Waals surface area contributed by atoms with Crippen LogP contribution in [0.4, 0.5) is 10.5 Å². The monoisotopic (exact) mass is 384 g/mol. The van der Waals surface area contributed by atoms with Crippen LogP contribution in [0.1, 0.15) is 48.0 Å². The Labute approximate surface area is 163 Å². The number of nitrogens with zero attached hydrogens (tertiary/aromatic N) is 2. The lowest BCUT2D eigenvalue weighted by molar-refractivity contribution is -0.136. The number of carbonyl (C=O) groups is 4. The third-order valence-electron chi connectivity index (χ3n) is 5.88. The molecule has 0 spiro atoms. The Morgan fingerprint density at radius 1 is 1.25 bits per heavy atom. The van der Waals surface area contributed by atoms with Crippen molar-refractivity contribution in [1.82, 2.24) is 15.1 Å². The van der Waals surface area contributed by atoms with Crippen LogP contribution in [0.25, 0.3) is 0 Å². The molecule has 8 nitrogen and oxygen atoms in total. The van der Waals surface area contributed by atoms with Crippen molar-refractivity contribution in [2.24, 2.45) is 5.92 Å². The fourth-order valence-electron chi connectivity index (χ4n) is 4.02. The molecule has 8 heteroatoms. The second-order valence-electron chi connectivity index (χ2n) is 7.88. The molecule has 2 fully saturated rings. The number of piperidine rings is 1. The smallest absolute Gasteiger partial charge is 0.321 e. The maximum atomic E-state index is 12.7. The average Bonchev–Trinajstić information content (AvgIpc) is 2.94. The summed E-state index contributed by atoms with van der Waals surface area (Å²) in [5.41, 5.74) is 1.93. The predicted octanol–water partition coefficient (Wildman–Crippen LogP) is 1.71. The number of imide groups is 1. The molecule has 0 aromatic heterocycles. The zero-order chi connectivity index (χ0) is 19.8. The zero-order valence-electron chi connectivity index (χ0n) is 15.9. The average molecular weight is 384 g/mol. The van der Waals surface area contributed by atoms with E-state index in [0.717, 1.165) is 12.1 Å². The first-order valence-corrected chi connectivity index (χ1v) is 9.72. The van der Waals surface area contributed by atoms with Gasteiger partial charge in [0.2, 0.25) is 11.8 Å². The van der Waals surface area contributed by atoms with Crippen molar-refractivity contribution in [3.8, 4) is 0 Å². The van der Waals surface area contributed by atoms with Crippen molar-refractivity contribution < 1.29 is 19.2 Å². The number of hydrogen-bond donors (Lipinski definition) is 2. The molecule has 2 aliphatic heterocycles. The van der Waals surface area contributed by atoms with Gasteiger partial charge in [-0.15, -0.1) is 0 Å². The number of anilines is 1. The number of urea groups is 1. The highest BCUT2D eigenvalue weighted by molar-refractivity contribution is 6.05. The van der Waals surface area contributed by atoms with Crippen molar-refractivity contribution >= 4 is 29.4 Å². The van der Waals surface area contributed by atoms with E-state index < -0.39 is 11.9 Å². The van der Waals surface area contributed by atoms with E-state index in [2.05, 4.69) is 10.6 Å². The summed E-state index contributed by atoms with van der Waals surface area (Å²) < 4.78 is 0. The summed E-state index contributed by atoms with van der Waals surface area (Å²) in [5, 5.41) is 5.18. The third-order valence-corrected chi connectivity index (χ3v) is 5.88. The highest BCUT2D eigenvalue weighted by Gasteiger charge is 2.39. The van der Waals surface area contributed by atoms with Crippen LogP contribution in [0.15, 0.2) is 18.2 Å². The van der Waals surface area contributed by atoms with Crippen LogP contribution >= 0.6 is 0 Å². The minimum Gasteiger partial charge on any atom is -0.327 e. The molecule has 1 aromatic carbocycles. The maximum Gasteiger partial charge on any atom is 0.321 e. The van der Waals surface area contributed by atoms with E-state index in [4.69, 9.17) is 0 Å². The fraction of sp³-hybridized carbons (Fsp3) is 0.500. The van der Waals surface area contributed by atoms with Crippen LogP contribution in [0.2, 0.25) is 0 Å². The zero-order valence-corrected chi connectivity index (χ0v) is 15.9. The highest BCUT2D eigenvalue weighted by atomic mass is 16.2. The van der Waals surface area contributed by atoms with Crippen molar-refractivity contribution in [3.05, 3.63) is 29.3 Å². The van der Waals surface area contributed by atoms with Crippen LogP contribution in [0.3, 0.4) is 0 Å². The van der Waals surface area contributed by atoms with Gasteiger partial charge in [0.15, 0.2) is 0 Å². The molecule has 1 aliphatic carbocycles. The molecule has 2 N–H and O–H groups in total. The van der Waals surface area contributed by atoms with Gasteiger partial charge in [-0.3, -0.25) is 19.7 Å². The number of amides is 5. The van der Waals surface area contributed by atoms with Crippen LogP contribution in [0.5, 0.6) is 0 Å². The van der Waals surface area contributed by atoms with Gasteiger partial charge in [-0.2, -0.15) is 0 Å². The van der Waals surface area contributed by atoms with Gasteiger partial charge >= 0.3 is 6.03 Å². The van der Waals surface area contributed by atoms with E-state index in [9.17, 15) is 19.2 Å². The summed E-state index contributed by atoms with van der Waals surface area (Å²) in [5.74, 6) is -0.357. The molecule has 1 unspecified atom stereocenters. The van der Waals surface area contributed by atoms with Gasteiger partial charge in [-0.05, 0) is 48.9 Å². The van der Waals surface area contributed by atoms with Crippen molar-refractivity contribution in [3.63, 3.8) is 0 Å². The quantitative estimate of drug-likeness (QED) is 0.772. The Bertz CT molecular complexity index is 849. The van der Waals surface area contributed by atoms with Crippen LogP contribution in [0, 0.1) is 5.92 Å². The Balaban J connectivity index is 1.42. The molecule has 1 saturated heterocycles. The van der Waals surface area contributed by atoms with E-state index in [-0.39, 0.29) is 24.3 Å². The molecule has 148 valence electrons. The summed E-state index contributed by atoms with van der Waals surface area (Å²) in [6.45, 7) is 1.04. The Morgan fingerprint density at radius 3 is 2.71 bits per heavy atom. The summed E-state index contributed by atoms with van der Waals surface area (Å²) >= 11 is 0. The van der Waals surface area contributed by atoms with E-state index in [0.29, 0.717) is 30.1 Å². The van der Waals surface area contributed by atoms with Crippen LogP contribution in [-0.2, 0) is 16.1 Å². The molecular weight excluding hydrogens is 360 g/mol. The van der Waals surface area contributed by atoms with Gasteiger partial charge in [0.25, 0.3) is 5.91 Å². The molecule has 3 aliphatic rings. The fourth-order valence-corrected chi connectivity index (χ4v) is 4.02. The van der Waals surface area contributed by atoms with E-state index in [1.807, 2.05) is 0 Å². The first-order chi connectivity index (χ1) is 13.4. The van der Waals surface area contributed by atoms with Gasteiger partial charge in [0, 0.05) is 37.8 Å². The van der Waals surface area contributed by atoms with Crippen LogP contribution in [-0.4, -0.2) is 53.2 Å². The highest BCUT2D eigenvalue weighted by Crippen LogP contribution is 2.30. The predicted molar refractivity (Wildman–Crippen MR) is 101 cm³/mol. The maximum absolute atomic E-state index is 12.7. The molecule has 0 radical (unpaired) electrons. The van der Waals surface area contributed by atoms with E-state index in [1.165, 1.54) is 24.2 Å². The van der Waals surface area contributed by atoms with Gasteiger partial charge in [0.1, 0.15) is 6.04 Å². The number of hydrogen-bond acceptors (Lipinski definition) is 4. The standard InChI is InChI=1S/C20H24N4O4/c1-23(10-12-3-2-4-12)20(28)21-14-5-6-15-13(9-14)11-24(19(15)27)16-7-8-17(25)22-18(16)26/h5-6,9,12,16H,2-4,7-8,10-11H2,1H3,(H,21,28)(H,22,25,26). The number of carbonyl (C=O) groups excluding carboxylic acids is 4. The third kappa shape index (κ3) is 3.46. The first-order valence-electron chi connectivity index (χ1n) is 9.72. The van der Waals surface area contributed by atoms with E-state index >= 15 is 0 Å². The summed E-state index contributed by atoms with van der Waals surface area (Å²) in [4.78, 5) is 51.7. The molecule has 28 heavy (non-hydrogen) atoms. The molecule has 2 heterocycles. The van der Waals surface area contributed by atoms with Crippen molar-refractivity contribution in [2.75, 3.05) is 18.9 Å². The Kier molecular flexibility index (Phi) is 4.78. The molecule has 1 aromatic rings. The molecule has 5 amide bonds. The van der Waals surface area contributed by atoms with Crippen LogP contribution < -0.4 is 10.6 Å². The van der Waals surface area contributed by atoms with Gasteiger partial charge in [0.05, 0.1) is 0 Å². The first kappa shape index (κ1) is 18.5. The van der Waals surface area contributed by atoms with E-state index in [1.54, 1.807) is 30.1 Å². The molecule has 0 bridgehead atoms. The summed E-state index contributed by atoms with van der Waals surface area (Å²) in [7, 11) is 1.79. The lowest BCUT2D eigenvalue weighted by atomic mass is 9.85. The lowest BCUT2D eigenvalue weighted by Crippen LogP contribution is -2.52.